The highest BCUT2D eigenvalue weighted by Gasteiger charge is 2.16. The predicted octanol–water partition coefficient (Wildman–Crippen LogP) is 3.42. The minimum Gasteiger partial charge on any atom is -0.305 e. The molecule has 0 radical (unpaired) electrons. The van der Waals surface area contributed by atoms with Gasteiger partial charge in [0.2, 0.25) is 0 Å². The second kappa shape index (κ2) is 9.69. The molecular weight excluding hydrogens is 525 g/mol. The molecule has 0 bridgehead atoms. The molecular formula is C24H18FN3O5S3. The molecule has 0 atom stereocenters. The van der Waals surface area contributed by atoms with E-state index < -0.39 is 31.6 Å². The molecule has 0 aliphatic rings. The topological polar surface area (TPSA) is 115 Å². The van der Waals surface area contributed by atoms with E-state index in [1.165, 1.54) is 36.4 Å². The van der Waals surface area contributed by atoms with Crippen LogP contribution >= 0.6 is 11.3 Å². The summed E-state index contributed by atoms with van der Waals surface area (Å²) in [5.74, 6) is 1.35. The second-order valence-corrected chi connectivity index (χ2v) is 12.3. The minimum absolute atomic E-state index is 0.110. The van der Waals surface area contributed by atoms with Crippen molar-refractivity contribution in [2.45, 2.75) is 16.3 Å². The van der Waals surface area contributed by atoms with Crippen LogP contribution in [-0.2, 0) is 26.4 Å². The Morgan fingerprint density at radius 1 is 1.03 bits per heavy atom. The standard InChI is InChI=1S/C24H18FN3O5S3/c1-3-14-28-21-13-12-20(35(2,30)31)15-22(21)34-24(28)26-23(29)16-4-8-18(9-5-16)27-36(32,33)19-10-6-17(25)7-11-19/h1,4-13,15,27H,14H2,2H3. The number of rotatable bonds is 6. The third-order valence-electron chi connectivity index (χ3n) is 5.04. The summed E-state index contributed by atoms with van der Waals surface area (Å²) in [6.07, 6.45) is 6.58. The van der Waals surface area contributed by atoms with E-state index in [4.69, 9.17) is 6.42 Å². The molecule has 1 aromatic heterocycles. The Hall–Kier alpha value is -3.79. The number of hydrogen-bond acceptors (Lipinski definition) is 6. The summed E-state index contributed by atoms with van der Waals surface area (Å²) in [6.45, 7) is 0.119. The van der Waals surface area contributed by atoms with Crippen LogP contribution in [0.15, 0.2) is 81.5 Å². The van der Waals surface area contributed by atoms with Gasteiger partial charge in [0, 0.05) is 17.5 Å². The molecule has 36 heavy (non-hydrogen) atoms. The maximum atomic E-state index is 13.1. The molecule has 0 spiro atoms. The molecule has 3 aromatic carbocycles. The van der Waals surface area contributed by atoms with Crippen LogP contribution in [0.4, 0.5) is 10.1 Å². The minimum atomic E-state index is -3.94. The van der Waals surface area contributed by atoms with Crippen molar-refractivity contribution in [2.75, 3.05) is 11.0 Å². The van der Waals surface area contributed by atoms with Crippen molar-refractivity contribution in [1.29, 1.82) is 0 Å². The summed E-state index contributed by atoms with van der Waals surface area (Å²) in [7, 11) is -7.36. The highest BCUT2D eigenvalue weighted by molar-refractivity contribution is 7.92. The summed E-state index contributed by atoms with van der Waals surface area (Å²) < 4.78 is 66.4. The molecule has 1 heterocycles. The highest BCUT2D eigenvalue weighted by Crippen LogP contribution is 2.22. The van der Waals surface area contributed by atoms with Crippen LogP contribution in [0.2, 0.25) is 0 Å². The number of fused-ring (bicyclic) bond motifs is 1. The molecule has 0 aliphatic heterocycles. The maximum absolute atomic E-state index is 13.1. The lowest BCUT2D eigenvalue weighted by Crippen LogP contribution is -2.16. The number of aromatic nitrogens is 1. The lowest BCUT2D eigenvalue weighted by atomic mass is 10.2. The van der Waals surface area contributed by atoms with E-state index in [2.05, 4.69) is 15.6 Å². The van der Waals surface area contributed by atoms with E-state index in [1.54, 1.807) is 10.6 Å². The van der Waals surface area contributed by atoms with Gasteiger partial charge in [-0.25, -0.2) is 21.2 Å². The van der Waals surface area contributed by atoms with E-state index in [0.717, 1.165) is 41.9 Å². The second-order valence-electron chi connectivity index (χ2n) is 7.63. The molecule has 0 unspecified atom stereocenters. The lowest BCUT2D eigenvalue weighted by molar-refractivity contribution is 0.0998. The summed E-state index contributed by atoms with van der Waals surface area (Å²) in [5, 5.41) is 0. The zero-order valence-electron chi connectivity index (χ0n) is 18.7. The van der Waals surface area contributed by atoms with Crippen LogP contribution in [0.3, 0.4) is 0 Å². The van der Waals surface area contributed by atoms with Crippen LogP contribution in [0, 0.1) is 18.2 Å². The van der Waals surface area contributed by atoms with Gasteiger partial charge in [0.25, 0.3) is 15.9 Å². The van der Waals surface area contributed by atoms with Crippen molar-refractivity contribution in [3.63, 3.8) is 0 Å². The quantitative estimate of drug-likeness (QED) is 0.374. The number of anilines is 1. The molecule has 0 saturated carbocycles. The van der Waals surface area contributed by atoms with Gasteiger partial charge < -0.3 is 4.57 Å². The monoisotopic (exact) mass is 543 g/mol. The fourth-order valence-electron chi connectivity index (χ4n) is 3.27. The van der Waals surface area contributed by atoms with Crippen LogP contribution in [0.5, 0.6) is 0 Å². The Morgan fingerprint density at radius 3 is 2.28 bits per heavy atom. The largest absolute Gasteiger partial charge is 0.305 e. The number of halogens is 1. The van der Waals surface area contributed by atoms with Crippen LogP contribution in [0.25, 0.3) is 10.2 Å². The highest BCUT2D eigenvalue weighted by atomic mass is 32.2. The molecule has 12 heteroatoms. The summed E-state index contributed by atoms with van der Waals surface area (Å²) in [4.78, 5) is 17.3. The van der Waals surface area contributed by atoms with Gasteiger partial charge in [0.15, 0.2) is 14.6 Å². The smallest absolute Gasteiger partial charge is 0.279 e. The summed E-state index contributed by atoms with van der Waals surface area (Å²) in [6, 6.07) is 14.6. The van der Waals surface area contributed by atoms with Gasteiger partial charge in [-0.05, 0) is 66.7 Å². The average Bonchev–Trinajstić information content (AvgIpc) is 3.15. The fourth-order valence-corrected chi connectivity index (χ4v) is 6.12. The van der Waals surface area contributed by atoms with Crippen molar-refractivity contribution >= 4 is 53.0 Å². The number of terminal acetylenes is 1. The van der Waals surface area contributed by atoms with E-state index in [1.807, 2.05) is 0 Å². The van der Waals surface area contributed by atoms with Crippen molar-refractivity contribution < 1.29 is 26.0 Å². The Morgan fingerprint density at radius 2 is 1.67 bits per heavy atom. The molecule has 4 aromatic rings. The van der Waals surface area contributed by atoms with Gasteiger partial charge in [-0.3, -0.25) is 9.52 Å². The number of sulfone groups is 1. The number of sulfonamides is 1. The van der Waals surface area contributed by atoms with Gasteiger partial charge in [-0.2, -0.15) is 4.99 Å². The van der Waals surface area contributed by atoms with Gasteiger partial charge in [-0.15, -0.1) is 6.42 Å². The first-order valence-electron chi connectivity index (χ1n) is 10.2. The van der Waals surface area contributed by atoms with Crippen molar-refractivity contribution in [3.8, 4) is 12.3 Å². The normalized spacial score (nSPS) is 12.4. The first kappa shape index (κ1) is 25.3. The van der Waals surface area contributed by atoms with Gasteiger partial charge in [0.1, 0.15) is 5.82 Å². The molecule has 4 rings (SSSR count). The number of benzene rings is 3. The van der Waals surface area contributed by atoms with Gasteiger partial charge >= 0.3 is 0 Å². The third-order valence-corrected chi connectivity index (χ3v) is 8.59. The number of carbonyl (C=O) groups excluding carboxylic acids is 1. The van der Waals surface area contributed by atoms with E-state index in [-0.39, 0.29) is 27.6 Å². The van der Waals surface area contributed by atoms with Crippen molar-refractivity contribution in [2.24, 2.45) is 4.99 Å². The maximum Gasteiger partial charge on any atom is 0.279 e. The SMILES string of the molecule is C#CCn1c(=NC(=O)c2ccc(NS(=O)(=O)c3ccc(F)cc3)cc2)sc2cc(S(C)(=O)=O)ccc21. The number of hydrogen-bond donors (Lipinski definition) is 1. The lowest BCUT2D eigenvalue weighted by Gasteiger charge is -2.08. The molecule has 1 N–H and O–H groups in total. The number of amides is 1. The average molecular weight is 544 g/mol. The molecule has 0 aliphatic carbocycles. The van der Waals surface area contributed by atoms with Gasteiger partial charge in [-0.1, -0.05) is 17.3 Å². The fraction of sp³-hybridized carbons (Fsp3) is 0.0833. The van der Waals surface area contributed by atoms with Crippen LogP contribution < -0.4 is 9.52 Å². The third kappa shape index (κ3) is 5.38. The molecule has 1 amide bonds. The number of nitrogens with zero attached hydrogens (tertiary/aromatic N) is 2. The zero-order valence-corrected chi connectivity index (χ0v) is 21.1. The van der Waals surface area contributed by atoms with Crippen molar-refractivity contribution in [1.82, 2.24) is 4.57 Å². The Balaban J connectivity index is 1.64. The Kier molecular flexibility index (Phi) is 6.81. The Labute approximate surface area is 210 Å². The first-order chi connectivity index (χ1) is 17.0. The van der Waals surface area contributed by atoms with Crippen LogP contribution in [-0.4, -0.2) is 33.6 Å². The van der Waals surface area contributed by atoms with E-state index in [9.17, 15) is 26.0 Å². The van der Waals surface area contributed by atoms with Gasteiger partial charge in [0.05, 0.1) is 26.6 Å². The summed E-state index contributed by atoms with van der Waals surface area (Å²) in [5.41, 5.74) is 1.04. The zero-order chi connectivity index (χ0) is 26.1. The number of carbonyl (C=O) groups is 1. The number of nitrogens with one attached hydrogen (secondary N) is 1. The summed E-state index contributed by atoms with van der Waals surface area (Å²) >= 11 is 1.12. The van der Waals surface area contributed by atoms with E-state index >= 15 is 0 Å². The molecule has 184 valence electrons. The van der Waals surface area contributed by atoms with Crippen LogP contribution in [0.1, 0.15) is 10.4 Å². The Bertz CT molecular complexity index is 1800. The first-order valence-corrected chi connectivity index (χ1v) is 14.4. The van der Waals surface area contributed by atoms with Crippen molar-refractivity contribution in [3.05, 3.63) is 82.9 Å². The predicted molar refractivity (Wildman–Crippen MR) is 135 cm³/mol. The molecule has 0 saturated heterocycles. The van der Waals surface area contributed by atoms with E-state index in [0.29, 0.717) is 15.0 Å². The molecule has 0 fully saturated rings. The number of thiazole rings is 1. The molecule has 8 nitrogen and oxygen atoms in total.